The number of hydrogen-bond acceptors (Lipinski definition) is 2. The van der Waals surface area contributed by atoms with E-state index in [1.165, 1.54) is 0 Å². The molecule has 0 bridgehead atoms. The van der Waals surface area contributed by atoms with Crippen molar-refractivity contribution in [3.05, 3.63) is 47.5 Å². The molecule has 0 aliphatic rings. The molecule has 0 spiro atoms. The number of aryl methyl sites for hydroxylation is 2. The second kappa shape index (κ2) is 6.79. The zero-order valence-corrected chi connectivity index (χ0v) is 14.5. The van der Waals surface area contributed by atoms with Gasteiger partial charge in [-0.05, 0) is 81.1 Å². The van der Waals surface area contributed by atoms with Crippen molar-refractivity contribution in [3.63, 3.8) is 0 Å². The van der Waals surface area contributed by atoms with Gasteiger partial charge in [0.15, 0.2) is 0 Å². The number of benzene rings is 2. The summed E-state index contributed by atoms with van der Waals surface area (Å²) >= 11 is 0. The number of hydrogen-bond donors (Lipinski definition) is 1. The first kappa shape index (κ1) is 17.0. The number of aromatic hydroxyl groups is 1. The van der Waals surface area contributed by atoms with E-state index in [-0.39, 0.29) is 5.41 Å². The lowest BCUT2D eigenvalue weighted by atomic mass is 9.96. The number of phenols is 1. The molecule has 0 unspecified atom stereocenters. The molecule has 2 rings (SSSR count). The normalized spacial score (nSPS) is 10.8. The third-order valence-corrected chi connectivity index (χ3v) is 3.76. The van der Waals surface area contributed by atoms with Crippen molar-refractivity contribution in [2.24, 2.45) is 5.41 Å². The quantitative estimate of drug-likeness (QED) is 0.796. The van der Waals surface area contributed by atoms with Gasteiger partial charge in [0.25, 0.3) is 0 Å². The van der Waals surface area contributed by atoms with Gasteiger partial charge in [-0.2, -0.15) is 0 Å². The van der Waals surface area contributed by atoms with Crippen LogP contribution < -0.4 is 4.74 Å². The van der Waals surface area contributed by atoms with Crippen LogP contribution in [0.1, 0.15) is 31.9 Å². The standard InChI is InChI=1S/C21H24O2/c1-6-11-21(4,5)14-23-20-10-8-18(13-16(20)3)17-7-9-19(22)15(2)12-17/h7-10,12-13,22H,14H2,1-5H3. The monoisotopic (exact) mass is 308 g/mol. The molecule has 0 fully saturated rings. The van der Waals surface area contributed by atoms with Crippen LogP contribution in [0.25, 0.3) is 11.1 Å². The topological polar surface area (TPSA) is 29.5 Å². The predicted octanol–water partition coefficient (Wildman–Crippen LogP) is 5.10. The van der Waals surface area contributed by atoms with Gasteiger partial charge in [-0.15, -0.1) is 5.92 Å². The number of rotatable bonds is 4. The van der Waals surface area contributed by atoms with Gasteiger partial charge < -0.3 is 9.84 Å². The molecule has 2 nitrogen and oxygen atoms in total. The SMILES string of the molecule is CC#CC(C)(C)COc1ccc(-c2ccc(O)c(C)c2)cc1C. The van der Waals surface area contributed by atoms with Gasteiger partial charge in [0, 0.05) is 0 Å². The van der Waals surface area contributed by atoms with Gasteiger partial charge in [-0.25, -0.2) is 0 Å². The van der Waals surface area contributed by atoms with E-state index in [1.54, 1.807) is 6.07 Å². The minimum atomic E-state index is -0.159. The molecule has 0 saturated heterocycles. The first-order valence-corrected chi connectivity index (χ1v) is 7.80. The Bertz CT molecular complexity index is 761. The lowest BCUT2D eigenvalue weighted by Gasteiger charge is -2.19. The lowest BCUT2D eigenvalue weighted by molar-refractivity contribution is 0.227. The van der Waals surface area contributed by atoms with Crippen LogP contribution in [0.3, 0.4) is 0 Å². The first-order valence-electron chi connectivity index (χ1n) is 7.80. The highest BCUT2D eigenvalue weighted by molar-refractivity contribution is 5.67. The van der Waals surface area contributed by atoms with E-state index in [9.17, 15) is 5.11 Å². The van der Waals surface area contributed by atoms with Crippen LogP contribution in [0, 0.1) is 31.1 Å². The lowest BCUT2D eigenvalue weighted by Crippen LogP contribution is -2.19. The molecular formula is C21H24O2. The summed E-state index contributed by atoms with van der Waals surface area (Å²) in [6.45, 7) is 10.5. The highest BCUT2D eigenvalue weighted by Crippen LogP contribution is 2.30. The van der Waals surface area contributed by atoms with E-state index in [0.29, 0.717) is 12.4 Å². The van der Waals surface area contributed by atoms with Gasteiger partial charge in [0.2, 0.25) is 0 Å². The summed E-state index contributed by atoms with van der Waals surface area (Å²) < 4.78 is 5.95. The molecule has 0 amide bonds. The average molecular weight is 308 g/mol. The van der Waals surface area contributed by atoms with Crippen LogP contribution in [-0.4, -0.2) is 11.7 Å². The van der Waals surface area contributed by atoms with Crippen LogP contribution in [0.2, 0.25) is 0 Å². The molecule has 0 radical (unpaired) electrons. The number of phenolic OH excluding ortho intramolecular Hbond substituents is 1. The Morgan fingerprint density at radius 1 is 1.00 bits per heavy atom. The molecule has 0 saturated carbocycles. The Hall–Kier alpha value is -2.40. The highest BCUT2D eigenvalue weighted by Gasteiger charge is 2.16. The zero-order chi connectivity index (χ0) is 17.0. The Balaban J connectivity index is 2.20. The predicted molar refractivity (Wildman–Crippen MR) is 95.7 cm³/mol. The summed E-state index contributed by atoms with van der Waals surface area (Å²) in [7, 11) is 0. The van der Waals surface area contributed by atoms with Gasteiger partial charge >= 0.3 is 0 Å². The van der Waals surface area contributed by atoms with Crippen molar-refractivity contribution in [1.29, 1.82) is 0 Å². The molecule has 0 aliphatic heterocycles. The minimum absolute atomic E-state index is 0.159. The molecule has 2 aromatic rings. The summed E-state index contributed by atoms with van der Waals surface area (Å²) in [5.74, 6) is 7.32. The van der Waals surface area contributed by atoms with E-state index >= 15 is 0 Å². The fourth-order valence-electron chi connectivity index (χ4n) is 2.46. The second-order valence-corrected chi connectivity index (χ2v) is 6.53. The summed E-state index contributed by atoms with van der Waals surface area (Å²) in [5, 5.41) is 9.65. The highest BCUT2D eigenvalue weighted by atomic mass is 16.5. The third kappa shape index (κ3) is 4.29. The maximum absolute atomic E-state index is 9.65. The summed E-state index contributed by atoms with van der Waals surface area (Å²) in [4.78, 5) is 0. The molecule has 0 heterocycles. The summed E-state index contributed by atoms with van der Waals surface area (Å²) in [5.41, 5.74) is 4.01. The van der Waals surface area contributed by atoms with Gasteiger partial charge in [0.05, 0.1) is 5.41 Å². The molecule has 23 heavy (non-hydrogen) atoms. The van der Waals surface area contributed by atoms with E-state index in [0.717, 1.165) is 28.0 Å². The van der Waals surface area contributed by atoms with E-state index < -0.39 is 0 Å². The Labute approximate surface area is 139 Å². The summed E-state index contributed by atoms with van der Waals surface area (Å²) in [6, 6.07) is 11.8. The fraction of sp³-hybridized carbons (Fsp3) is 0.333. The maximum atomic E-state index is 9.65. The van der Waals surface area contributed by atoms with Crippen LogP contribution >= 0.6 is 0 Å². The molecule has 120 valence electrons. The number of ether oxygens (including phenoxy) is 1. The first-order chi connectivity index (χ1) is 10.8. The van der Waals surface area contributed by atoms with Crippen molar-refractivity contribution in [2.75, 3.05) is 6.61 Å². The van der Waals surface area contributed by atoms with E-state index in [1.807, 2.05) is 45.0 Å². The minimum Gasteiger partial charge on any atom is -0.508 e. The zero-order valence-electron chi connectivity index (χ0n) is 14.5. The van der Waals surface area contributed by atoms with Crippen molar-refractivity contribution in [3.8, 4) is 34.5 Å². The van der Waals surface area contributed by atoms with Crippen molar-refractivity contribution in [2.45, 2.75) is 34.6 Å². The van der Waals surface area contributed by atoms with Crippen molar-refractivity contribution >= 4 is 0 Å². The Morgan fingerprint density at radius 2 is 1.61 bits per heavy atom. The maximum Gasteiger partial charge on any atom is 0.122 e. The van der Waals surface area contributed by atoms with Gasteiger partial charge in [-0.3, -0.25) is 0 Å². The summed E-state index contributed by atoms with van der Waals surface area (Å²) in [6.07, 6.45) is 0. The Kier molecular flexibility index (Phi) is 5.01. The van der Waals surface area contributed by atoms with Crippen LogP contribution in [0.15, 0.2) is 36.4 Å². The van der Waals surface area contributed by atoms with Crippen LogP contribution in [0.4, 0.5) is 0 Å². The van der Waals surface area contributed by atoms with E-state index in [4.69, 9.17) is 4.74 Å². The molecule has 1 N–H and O–H groups in total. The fourth-order valence-corrected chi connectivity index (χ4v) is 2.46. The Morgan fingerprint density at radius 3 is 2.17 bits per heavy atom. The molecule has 0 aromatic heterocycles. The van der Waals surface area contributed by atoms with Crippen LogP contribution in [-0.2, 0) is 0 Å². The molecule has 2 aromatic carbocycles. The third-order valence-electron chi connectivity index (χ3n) is 3.76. The molecule has 2 heteroatoms. The average Bonchev–Trinajstić information content (AvgIpc) is 2.48. The molecule has 0 aliphatic carbocycles. The van der Waals surface area contributed by atoms with Crippen molar-refractivity contribution < 1.29 is 9.84 Å². The molecule has 0 atom stereocenters. The van der Waals surface area contributed by atoms with Gasteiger partial charge in [0.1, 0.15) is 18.1 Å². The van der Waals surface area contributed by atoms with Crippen LogP contribution in [0.5, 0.6) is 11.5 Å². The smallest absolute Gasteiger partial charge is 0.122 e. The van der Waals surface area contributed by atoms with Crippen molar-refractivity contribution in [1.82, 2.24) is 0 Å². The van der Waals surface area contributed by atoms with E-state index in [2.05, 4.69) is 31.8 Å². The second-order valence-electron chi connectivity index (χ2n) is 6.53. The molecular weight excluding hydrogens is 284 g/mol. The van der Waals surface area contributed by atoms with Gasteiger partial charge in [-0.1, -0.05) is 18.1 Å². The largest absolute Gasteiger partial charge is 0.508 e.